The van der Waals surface area contributed by atoms with E-state index >= 15 is 0 Å². The van der Waals surface area contributed by atoms with Crippen LogP contribution in [0.4, 0.5) is 17.1 Å². The minimum Gasteiger partial charge on any atom is -0.477 e. The van der Waals surface area contributed by atoms with E-state index in [1.54, 1.807) is 29.2 Å². The average molecular weight is 355 g/mol. The van der Waals surface area contributed by atoms with Crippen LogP contribution in [0.15, 0.2) is 48.5 Å². The maximum atomic E-state index is 12.1. The molecule has 1 fully saturated rings. The molecule has 0 aliphatic carbocycles. The number of para-hydroxylation sites is 2. The van der Waals surface area contributed by atoms with Gasteiger partial charge in [-0.3, -0.25) is 19.7 Å². The SMILES string of the molecule is O=C(COc1ccccc1[N+](=O)[O-])Nc1cccc(N2CCCC2=O)c1. The van der Waals surface area contributed by atoms with Gasteiger partial charge in [0.25, 0.3) is 5.91 Å². The fraction of sp³-hybridized carbons (Fsp3) is 0.222. The third-order valence-electron chi connectivity index (χ3n) is 3.94. The summed E-state index contributed by atoms with van der Waals surface area (Å²) >= 11 is 0. The number of nitrogens with one attached hydrogen (secondary N) is 1. The molecule has 26 heavy (non-hydrogen) atoms. The van der Waals surface area contributed by atoms with Crippen molar-refractivity contribution in [3.8, 4) is 5.75 Å². The minimum absolute atomic E-state index is 0.0315. The quantitative estimate of drug-likeness (QED) is 0.634. The van der Waals surface area contributed by atoms with Gasteiger partial charge in [0.1, 0.15) is 0 Å². The van der Waals surface area contributed by atoms with E-state index in [0.29, 0.717) is 18.7 Å². The van der Waals surface area contributed by atoms with Gasteiger partial charge >= 0.3 is 5.69 Å². The van der Waals surface area contributed by atoms with Crippen molar-refractivity contribution in [1.29, 1.82) is 0 Å². The number of benzene rings is 2. The zero-order valence-electron chi connectivity index (χ0n) is 13.9. The molecule has 8 nitrogen and oxygen atoms in total. The van der Waals surface area contributed by atoms with Crippen molar-refractivity contribution in [3.05, 3.63) is 58.6 Å². The highest BCUT2D eigenvalue weighted by atomic mass is 16.6. The van der Waals surface area contributed by atoms with Gasteiger partial charge in [-0.25, -0.2) is 0 Å². The smallest absolute Gasteiger partial charge is 0.310 e. The molecular weight excluding hydrogens is 338 g/mol. The Balaban J connectivity index is 1.62. The number of amides is 2. The lowest BCUT2D eigenvalue weighted by molar-refractivity contribution is -0.385. The molecule has 0 radical (unpaired) electrons. The van der Waals surface area contributed by atoms with Gasteiger partial charge in [0.15, 0.2) is 12.4 Å². The highest BCUT2D eigenvalue weighted by molar-refractivity contribution is 5.97. The summed E-state index contributed by atoms with van der Waals surface area (Å²) in [6.07, 6.45) is 1.35. The van der Waals surface area contributed by atoms with Crippen LogP contribution in [0.3, 0.4) is 0 Å². The number of nitro benzene ring substituents is 1. The summed E-state index contributed by atoms with van der Waals surface area (Å²) in [7, 11) is 0. The topological polar surface area (TPSA) is 102 Å². The summed E-state index contributed by atoms with van der Waals surface area (Å²) < 4.78 is 5.26. The maximum absolute atomic E-state index is 12.1. The van der Waals surface area contributed by atoms with E-state index in [2.05, 4.69) is 5.32 Å². The predicted molar refractivity (Wildman–Crippen MR) is 95.3 cm³/mol. The first-order valence-corrected chi connectivity index (χ1v) is 8.11. The van der Waals surface area contributed by atoms with Crippen molar-refractivity contribution in [2.24, 2.45) is 0 Å². The lowest BCUT2D eigenvalue weighted by Crippen LogP contribution is -2.24. The highest BCUT2D eigenvalue weighted by Gasteiger charge is 2.22. The van der Waals surface area contributed by atoms with Gasteiger partial charge in [-0.05, 0) is 30.7 Å². The van der Waals surface area contributed by atoms with E-state index in [1.165, 1.54) is 18.2 Å². The summed E-state index contributed by atoms with van der Waals surface area (Å²) in [4.78, 5) is 35.9. The molecule has 2 aromatic carbocycles. The van der Waals surface area contributed by atoms with Crippen molar-refractivity contribution in [1.82, 2.24) is 0 Å². The average Bonchev–Trinajstić information content (AvgIpc) is 3.06. The molecule has 1 aliphatic rings. The van der Waals surface area contributed by atoms with Gasteiger partial charge in [0.05, 0.1) is 4.92 Å². The van der Waals surface area contributed by atoms with Crippen LogP contribution in [0.25, 0.3) is 0 Å². The molecule has 1 aliphatic heterocycles. The maximum Gasteiger partial charge on any atom is 0.310 e. The number of hydrogen-bond acceptors (Lipinski definition) is 5. The lowest BCUT2D eigenvalue weighted by Gasteiger charge is -2.16. The Bertz CT molecular complexity index is 852. The van der Waals surface area contributed by atoms with Gasteiger partial charge in [0.2, 0.25) is 5.91 Å². The van der Waals surface area contributed by atoms with Crippen molar-refractivity contribution in [3.63, 3.8) is 0 Å². The first-order valence-electron chi connectivity index (χ1n) is 8.11. The largest absolute Gasteiger partial charge is 0.477 e. The van der Waals surface area contributed by atoms with Crippen LogP contribution in [0.5, 0.6) is 5.75 Å². The molecule has 0 saturated carbocycles. The Morgan fingerprint density at radius 2 is 2.04 bits per heavy atom. The van der Waals surface area contributed by atoms with E-state index in [-0.39, 0.29) is 24.0 Å². The van der Waals surface area contributed by atoms with Crippen LogP contribution >= 0.6 is 0 Å². The van der Waals surface area contributed by atoms with Crippen LogP contribution in [0, 0.1) is 10.1 Å². The number of ether oxygens (including phenoxy) is 1. The summed E-state index contributed by atoms with van der Waals surface area (Å²) in [5.74, 6) is -0.356. The Hall–Kier alpha value is -3.42. The van der Waals surface area contributed by atoms with E-state index in [0.717, 1.165) is 12.1 Å². The minimum atomic E-state index is -0.566. The first-order chi connectivity index (χ1) is 12.5. The molecule has 0 atom stereocenters. The number of hydrogen-bond donors (Lipinski definition) is 1. The van der Waals surface area contributed by atoms with Crippen molar-refractivity contribution in [2.75, 3.05) is 23.4 Å². The standard InChI is InChI=1S/C18H17N3O5/c22-17(12-26-16-8-2-1-7-15(16)21(24)25)19-13-5-3-6-14(11-13)20-10-4-9-18(20)23/h1-3,5-8,11H,4,9-10,12H2,(H,19,22). The van der Waals surface area contributed by atoms with Gasteiger partial charge < -0.3 is 15.0 Å². The van der Waals surface area contributed by atoms with Crippen molar-refractivity contribution >= 4 is 28.9 Å². The van der Waals surface area contributed by atoms with E-state index in [4.69, 9.17) is 4.74 Å². The molecule has 3 rings (SSSR count). The Morgan fingerprint density at radius 3 is 2.77 bits per heavy atom. The Kier molecular flexibility index (Phi) is 5.12. The predicted octanol–water partition coefficient (Wildman–Crippen LogP) is 2.74. The van der Waals surface area contributed by atoms with Gasteiger partial charge in [0, 0.05) is 30.4 Å². The molecule has 8 heteroatoms. The zero-order chi connectivity index (χ0) is 18.5. The lowest BCUT2D eigenvalue weighted by atomic mass is 10.2. The van der Waals surface area contributed by atoms with Crippen LogP contribution in [0.1, 0.15) is 12.8 Å². The van der Waals surface area contributed by atoms with Gasteiger partial charge in [-0.1, -0.05) is 18.2 Å². The molecule has 0 bridgehead atoms. The summed E-state index contributed by atoms with van der Waals surface area (Å²) in [5.41, 5.74) is 1.05. The van der Waals surface area contributed by atoms with E-state index in [1.807, 2.05) is 6.07 Å². The second-order valence-electron chi connectivity index (χ2n) is 5.76. The van der Waals surface area contributed by atoms with Crippen LogP contribution in [-0.4, -0.2) is 29.9 Å². The normalized spacial score (nSPS) is 13.5. The van der Waals surface area contributed by atoms with Crippen molar-refractivity contribution < 1.29 is 19.2 Å². The number of carbonyl (C=O) groups is 2. The van der Waals surface area contributed by atoms with Crippen LogP contribution in [-0.2, 0) is 9.59 Å². The van der Waals surface area contributed by atoms with E-state index in [9.17, 15) is 19.7 Å². The molecule has 2 aromatic rings. The third kappa shape index (κ3) is 3.97. The third-order valence-corrected chi connectivity index (χ3v) is 3.94. The highest BCUT2D eigenvalue weighted by Crippen LogP contribution is 2.26. The monoisotopic (exact) mass is 355 g/mol. The fourth-order valence-corrected chi connectivity index (χ4v) is 2.74. The number of anilines is 2. The number of nitro groups is 1. The molecule has 0 unspecified atom stereocenters. The van der Waals surface area contributed by atoms with Crippen LogP contribution in [0.2, 0.25) is 0 Å². The van der Waals surface area contributed by atoms with Gasteiger partial charge in [-0.2, -0.15) is 0 Å². The molecule has 0 spiro atoms. The number of carbonyl (C=O) groups excluding carboxylic acids is 2. The number of nitrogens with zero attached hydrogens (tertiary/aromatic N) is 2. The first kappa shape index (κ1) is 17.4. The molecule has 2 amide bonds. The number of rotatable bonds is 6. The second-order valence-corrected chi connectivity index (χ2v) is 5.76. The van der Waals surface area contributed by atoms with E-state index < -0.39 is 10.8 Å². The summed E-state index contributed by atoms with van der Waals surface area (Å²) in [5, 5.41) is 13.6. The second kappa shape index (κ2) is 7.64. The molecule has 1 N–H and O–H groups in total. The fourth-order valence-electron chi connectivity index (χ4n) is 2.74. The molecule has 0 aromatic heterocycles. The summed E-state index contributed by atoms with van der Waals surface area (Å²) in [6, 6.07) is 12.8. The summed E-state index contributed by atoms with van der Waals surface area (Å²) in [6.45, 7) is 0.300. The Labute approximate surface area is 149 Å². The van der Waals surface area contributed by atoms with Crippen LogP contribution < -0.4 is 15.0 Å². The zero-order valence-corrected chi connectivity index (χ0v) is 13.9. The molecule has 1 heterocycles. The molecule has 1 saturated heterocycles. The Morgan fingerprint density at radius 1 is 1.23 bits per heavy atom. The van der Waals surface area contributed by atoms with Gasteiger partial charge in [-0.15, -0.1) is 0 Å². The van der Waals surface area contributed by atoms with Crippen molar-refractivity contribution in [2.45, 2.75) is 12.8 Å². The molecule has 134 valence electrons. The molecular formula is C18H17N3O5.